The molecular weight excluding hydrogens is 192 g/mol. The van der Waals surface area contributed by atoms with Crippen molar-refractivity contribution in [2.75, 3.05) is 6.54 Å². The summed E-state index contributed by atoms with van der Waals surface area (Å²) in [5, 5.41) is 8.37. The average molecular weight is 208 g/mol. The predicted molar refractivity (Wildman–Crippen MR) is 54.6 cm³/mol. The number of piperidine rings is 1. The van der Waals surface area contributed by atoms with Gasteiger partial charge in [0.1, 0.15) is 0 Å². The molecule has 0 aromatic carbocycles. The van der Waals surface area contributed by atoms with Crippen molar-refractivity contribution in [3.63, 3.8) is 0 Å². The van der Waals surface area contributed by atoms with Crippen LogP contribution in [0.1, 0.15) is 39.5 Å². The number of nitriles is 1. The highest BCUT2D eigenvalue weighted by Gasteiger charge is 2.36. The molecule has 4 heteroatoms. The molecule has 82 valence electrons. The number of nitrogens with zero attached hydrogens (tertiary/aromatic N) is 2. The summed E-state index contributed by atoms with van der Waals surface area (Å²) in [6.07, 6.45) is 1.81. The summed E-state index contributed by atoms with van der Waals surface area (Å²) in [5.41, 5.74) is -0.208. The molecule has 0 bridgehead atoms. The van der Waals surface area contributed by atoms with Crippen LogP contribution in [-0.4, -0.2) is 23.3 Å². The lowest BCUT2D eigenvalue weighted by atomic mass is 9.82. The Balaban J connectivity index is 2.56. The Morgan fingerprint density at radius 1 is 1.33 bits per heavy atom. The van der Waals surface area contributed by atoms with E-state index in [4.69, 9.17) is 5.26 Å². The van der Waals surface area contributed by atoms with Crippen molar-refractivity contribution in [2.45, 2.75) is 39.5 Å². The molecule has 0 aromatic rings. The minimum Gasteiger partial charge on any atom is -0.283 e. The van der Waals surface area contributed by atoms with E-state index in [0.717, 1.165) is 0 Å². The summed E-state index contributed by atoms with van der Waals surface area (Å²) in [5.74, 6) is -0.205. The van der Waals surface area contributed by atoms with Gasteiger partial charge in [-0.2, -0.15) is 5.26 Å². The number of imide groups is 1. The molecule has 1 saturated heterocycles. The van der Waals surface area contributed by atoms with Gasteiger partial charge >= 0.3 is 0 Å². The van der Waals surface area contributed by atoms with Gasteiger partial charge in [-0.3, -0.25) is 14.5 Å². The molecule has 0 aromatic heterocycles. The number of hydrogen-bond donors (Lipinski definition) is 0. The van der Waals surface area contributed by atoms with Gasteiger partial charge in [0.2, 0.25) is 11.8 Å². The second kappa shape index (κ2) is 4.43. The molecule has 0 radical (unpaired) electrons. The molecule has 1 fully saturated rings. The van der Waals surface area contributed by atoms with E-state index in [2.05, 4.69) is 0 Å². The van der Waals surface area contributed by atoms with Crippen LogP contribution in [0.15, 0.2) is 0 Å². The van der Waals surface area contributed by atoms with Gasteiger partial charge in [0.05, 0.1) is 6.07 Å². The zero-order valence-electron chi connectivity index (χ0n) is 9.25. The molecule has 0 N–H and O–H groups in total. The Kier molecular flexibility index (Phi) is 3.46. The summed E-state index contributed by atoms with van der Waals surface area (Å²) in [6.45, 7) is 4.24. The highest BCUT2D eigenvalue weighted by molar-refractivity contribution is 5.98. The third-order valence-corrected chi connectivity index (χ3v) is 2.53. The fourth-order valence-corrected chi connectivity index (χ4v) is 1.78. The molecule has 0 atom stereocenters. The van der Waals surface area contributed by atoms with E-state index in [9.17, 15) is 9.59 Å². The number of carbonyl (C=O) groups is 2. The van der Waals surface area contributed by atoms with E-state index < -0.39 is 0 Å². The van der Waals surface area contributed by atoms with Gasteiger partial charge < -0.3 is 0 Å². The van der Waals surface area contributed by atoms with Crippen LogP contribution in [0.5, 0.6) is 0 Å². The van der Waals surface area contributed by atoms with Crippen molar-refractivity contribution < 1.29 is 9.59 Å². The minimum absolute atomic E-state index is 0.103. The molecule has 1 rings (SSSR count). The van der Waals surface area contributed by atoms with E-state index in [0.29, 0.717) is 32.2 Å². The van der Waals surface area contributed by atoms with Crippen molar-refractivity contribution in [3.8, 4) is 6.07 Å². The Morgan fingerprint density at radius 2 is 1.87 bits per heavy atom. The standard InChI is InChI=1S/C11H16N2O2/c1-11(2)7-9(14)13(10(15)8-11)6-4-3-5-12/h3-4,6-8H2,1-2H3. The maximum absolute atomic E-state index is 11.6. The van der Waals surface area contributed by atoms with Crippen LogP contribution in [0.2, 0.25) is 0 Å². The molecule has 2 amide bonds. The van der Waals surface area contributed by atoms with E-state index in [1.807, 2.05) is 19.9 Å². The largest absolute Gasteiger partial charge is 0.283 e. The summed E-state index contributed by atoms with van der Waals surface area (Å²) in [6, 6.07) is 2.00. The second-order valence-corrected chi connectivity index (χ2v) is 4.72. The van der Waals surface area contributed by atoms with E-state index in [1.54, 1.807) is 0 Å². The Labute approximate surface area is 89.9 Å². The fraction of sp³-hybridized carbons (Fsp3) is 0.727. The first kappa shape index (κ1) is 11.7. The Hall–Kier alpha value is -1.37. The van der Waals surface area contributed by atoms with Crippen molar-refractivity contribution in [3.05, 3.63) is 0 Å². The van der Waals surface area contributed by atoms with Crippen LogP contribution in [0.4, 0.5) is 0 Å². The smallest absolute Gasteiger partial charge is 0.229 e. The SMILES string of the molecule is CC1(C)CC(=O)N(CCCC#N)C(=O)C1. The van der Waals surface area contributed by atoms with Gasteiger partial charge in [0.25, 0.3) is 0 Å². The maximum atomic E-state index is 11.6. The van der Waals surface area contributed by atoms with E-state index >= 15 is 0 Å². The van der Waals surface area contributed by atoms with Crippen LogP contribution in [0.25, 0.3) is 0 Å². The first-order chi connectivity index (χ1) is 6.96. The van der Waals surface area contributed by atoms with Gasteiger partial charge in [0, 0.05) is 25.8 Å². The van der Waals surface area contributed by atoms with Crippen molar-refractivity contribution in [1.82, 2.24) is 4.90 Å². The van der Waals surface area contributed by atoms with Gasteiger partial charge in [-0.05, 0) is 11.8 Å². The van der Waals surface area contributed by atoms with Crippen molar-refractivity contribution >= 4 is 11.8 Å². The average Bonchev–Trinajstić information content (AvgIpc) is 2.08. The molecule has 0 aliphatic carbocycles. The molecule has 4 nitrogen and oxygen atoms in total. The lowest BCUT2D eigenvalue weighted by Gasteiger charge is -2.34. The van der Waals surface area contributed by atoms with Crippen LogP contribution >= 0.6 is 0 Å². The zero-order chi connectivity index (χ0) is 11.5. The zero-order valence-corrected chi connectivity index (χ0v) is 9.25. The van der Waals surface area contributed by atoms with Crippen LogP contribution in [0, 0.1) is 16.7 Å². The molecule has 15 heavy (non-hydrogen) atoms. The minimum atomic E-state index is -0.208. The summed E-state index contributed by atoms with van der Waals surface area (Å²) < 4.78 is 0. The Bertz CT molecular complexity index is 295. The fourth-order valence-electron chi connectivity index (χ4n) is 1.78. The molecule has 1 aliphatic rings. The number of hydrogen-bond acceptors (Lipinski definition) is 3. The number of unbranched alkanes of at least 4 members (excludes halogenated alkanes) is 1. The summed E-state index contributed by atoms with van der Waals surface area (Å²) in [7, 11) is 0. The van der Waals surface area contributed by atoms with E-state index in [1.165, 1.54) is 4.90 Å². The molecule has 0 spiro atoms. The molecule has 1 heterocycles. The Morgan fingerprint density at radius 3 is 2.33 bits per heavy atom. The monoisotopic (exact) mass is 208 g/mol. The molecular formula is C11H16N2O2. The molecule has 0 unspecified atom stereocenters. The van der Waals surface area contributed by atoms with Gasteiger partial charge in [-0.1, -0.05) is 13.8 Å². The predicted octanol–water partition coefficient (Wildman–Crippen LogP) is 1.47. The van der Waals surface area contributed by atoms with Gasteiger partial charge in [0.15, 0.2) is 0 Å². The number of likely N-dealkylation sites (tertiary alicyclic amines) is 1. The van der Waals surface area contributed by atoms with Crippen molar-refractivity contribution in [1.29, 1.82) is 5.26 Å². The lowest BCUT2D eigenvalue weighted by Crippen LogP contribution is -2.46. The van der Waals surface area contributed by atoms with Crippen LogP contribution < -0.4 is 0 Å². The van der Waals surface area contributed by atoms with Crippen LogP contribution in [-0.2, 0) is 9.59 Å². The maximum Gasteiger partial charge on any atom is 0.229 e. The quantitative estimate of drug-likeness (QED) is 0.521. The summed E-state index contributed by atoms with van der Waals surface area (Å²) in [4.78, 5) is 24.6. The van der Waals surface area contributed by atoms with E-state index in [-0.39, 0.29) is 17.2 Å². The van der Waals surface area contributed by atoms with Crippen molar-refractivity contribution in [2.24, 2.45) is 5.41 Å². The topological polar surface area (TPSA) is 61.2 Å². The lowest BCUT2D eigenvalue weighted by molar-refractivity contribution is -0.152. The normalized spacial score (nSPS) is 20.2. The summed E-state index contributed by atoms with van der Waals surface area (Å²) >= 11 is 0. The van der Waals surface area contributed by atoms with Gasteiger partial charge in [-0.15, -0.1) is 0 Å². The van der Waals surface area contributed by atoms with Crippen LogP contribution in [0.3, 0.4) is 0 Å². The number of amides is 2. The highest BCUT2D eigenvalue weighted by Crippen LogP contribution is 2.31. The third-order valence-electron chi connectivity index (χ3n) is 2.53. The highest BCUT2D eigenvalue weighted by atomic mass is 16.2. The second-order valence-electron chi connectivity index (χ2n) is 4.72. The molecule has 0 saturated carbocycles. The van der Waals surface area contributed by atoms with Gasteiger partial charge in [-0.25, -0.2) is 0 Å². The first-order valence-electron chi connectivity index (χ1n) is 5.16. The first-order valence-corrected chi connectivity index (χ1v) is 5.16. The molecule has 1 aliphatic heterocycles. The number of rotatable bonds is 3. The number of carbonyl (C=O) groups excluding carboxylic acids is 2. The third kappa shape index (κ3) is 3.05.